The van der Waals surface area contributed by atoms with Crippen molar-refractivity contribution in [3.8, 4) is 10.6 Å². The number of hydrogen-bond acceptors (Lipinski definition) is 5. The van der Waals surface area contributed by atoms with Crippen LogP contribution < -0.4 is 5.32 Å². The van der Waals surface area contributed by atoms with Crippen LogP contribution >= 0.6 is 22.7 Å². The number of thiophene rings is 1. The topological polar surface area (TPSA) is 62.3 Å². The van der Waals surface area contributed by atoms with Crippen LogP contribution in [0, 0.1) is 13.8 Å². The molecule has 7 heteroatoms. The predicted molar refractivity (Wildman–Crippen MR) is 136 cm³/mol. The van der Waals surface area contributed by atoms with Crippen molar-refractivity contribution in [2.75, 3.05) is 11.9 Å². The molecule has 2 aromatic carbocycles. The average molecular weight is 476 g/mol. The first-order valence-corrected chi connectivity index (χ1v) is 12.6. The van der Waals surface area contributed by atoms with Crippen LogP contribution in [0.5, 0.6) is 0 Å². The maximum atomic E-state index is 13.0. The van der Waals surface area contributed by atoms with E-state index in [0.717, 1.165) is 42.7 Å². The molecule has 1 aliphatic heterocycles. The summed E-state index contributed by atoms with van der Waals surface area (Å²) in [5, 5.41) is 4.93. The number of nitrogens with zero attached hydrogens (tertiary/aromatic N) is 2. The Labute approximate surface area is 201 Å². The minimum atomic E-state index is -0.0392. The molecule has 0 bridgehead atoms. The first-order valence-electron chi connectivity index (χ1n) is 11.0. The number of rotatable bonds is 4. The molecular weight excluding hydrogens is 450 g/mol. The highest BCUT2D eigenvalue weighted by atomic mass is 32.1. The fourth-order valence-corrected chi connectivity index (χ4v) is 6.63. The molecule has 0 radical (unpaired) electrons. The first-order chi connectivity index (χ1) is 15.9. The van der Waals surface area contributed by atoms with E-state index >= 15 is 0 Å². The van der Waals surface area contributed by atoms with Crippen molar-refractivity contribution in [2.24, 2.45) is 0 Å². The number of para-hydroxylation sites is 1. The molecule has 2 aromatic heterocycles. The zero-order valence-corrected chi connectivity index (χ0v) is 20.5. The van der Waals surface area contributed by atoms with E-state index < -0.39 is 0 Å². The molecule has 1 N–H and O–H groups in total. The van der Waals surface area contributed by atoms with Crippen molar-refractivity contribution < 1.29 is 9.59 Å². The van der Waals surface area contributed by atoms with Gasteiger partial charge in [-0.2, -0.15) is 0 Å². The summed E-state index contributed by atoms with van der Waals surface area (Å²) in [5.41, 5.74) is 6.60. The van der Waals surface area contributed by atoms with Gasteiger partial charge in [0.2, 0.25) is 11.8 Å². The minimum Gasteiger partial charge on any atom is -0.337 e. The Hall–Kier alpha value is -3.03. The highest BCUT2D eigenvalue weighted by molar-refractivity contribution is 7.22. The normalized spacial score (nSPS) is 13.2. The molecule has 0 fully saturated rings. The van der Waals surface area contributed by atoms with Crippen molar-refractivity contribution in [2.45, 2.75) is 40.2 Å². The molecule has 0 unspecified atom stereocenters. The standard InChI is InChI=1S/C26H25N3O2S2/c1-15-8-9-18(12-16(15)2)13-23(31)28-26-24(25-27-20-6-4-5-7-21(20)32-25)19-10-11-29(17(3)30)14-22(19)33-26/h4-9,12H,10-11,13-14H2,1-3H3,(H,28,31). The average Bonchev–Trinajstić information content (AvgIpc) is 3.36. The van der Waals surface area contributed by atoms with Crippen LogP contribution in [-0.2, 0) is 29.0 Å². The Morgan fingerprint density at radius 3 is 2.67 bits per heavy atom. The van der Waals surface area contributed by atoms with E-state index in [1.807, 2.05) is 29.2 Å². The van der Waals surface area contributed by atoms with E-state index in [-0.39, 0.29) is 11.8 Å². The van der Waals surface area contributed by atoms with E-state index in [9.17, 15) is 9.59 Å². The molecule has 5 nitrogen and oxygen atoms in total. The summed E-state index contributed by atoms with van der Waals surface area (Å²) in [6, 6.07) is 14.3. The van der Waals surface area contributed by atoms with Gasteiger partial charge in [-0.1, -0.05) is 30.3 Å². The van der Waals surface area contributed by atoms with Crippen LogP contribution in [0.2, 0.25) is 0 Å². The summed E-state index contributed by atoms with van der Waals surface area (Å²) in [6.07, 6.45) is 1.09. The van der Waals surface area contributed by atoms with Gasteiger partial charge in [0.25, 0.3) is 0 Å². The number of anilines is 1. The number of carbonyl (C=O) groups excluding carboxylic acids is 2. The van der Waals surface area contributed by atoms with E-state index in [0.29, 0.717) is 19.5 Å². The number of fused-ring (bicyclic) bond motifs is 2. The third-order valence-corrected chi connectivity index (χ3v) is 8.39. The molecule has 0 aliphatic carbocycles. The van der Waals surface area contributed by atoms with Gasteiger partial charge in [-0.25, -0.2) is 4.98 Å². The summed E-state index contributed by atoms with van der Waals surface area (Å²) in [7, 11) is 0. The molecule has 2 amide bonds. The van der Waals surface area contributed by atoms with Crippen molar-refractivity contribution in [3.05, 3.63) is 69.6 Å². The number of nitrogens with one attached hydrogen (secondary N) is 1. The molecule has 5 rings (SSSR count). The van der Waals surface area contributed by atoms with Crippen molar-refractivity contribution in [1.82, 2.24) is 9.88 Å². The summed E-state index contributed by atoms with van der Waals surface area (Å²) in [6.45, 7) is 7.02. The van der Waals surface area contributed by atoms with Gasteiger partial charge in [0, 0.05) is 23.9 Å². The Morgan fingerprint density at radius 1 is 1.09 bits per heavy atom. The predicted octanol–water partition coefficient (Wildman–Crippen LogP) is 5.73. The minimum absolute atomic E-state index is 0.0392. The van der Waals surface area contributed by atoms with Gasteiger partial charge in [0.05, 0.1) is 23.2 Å². The molecule has 3 heterocycles. The van der Waals surface area contributed by atoms with Crippen LogP contribution in [0.25, 0.3) is 20.8 Å². The smallest absolute Gasteiger partial charge is 0.229 e. The van der Waals surface area contributed by atoms with E-state index in [1.165, 1.54) is 16.7 Å². The largest absolute Gasteiger partial charge is 0.337 e. The number of benzene rings is 2. The lowest BCUT2D eigenvalue weighted by Crippen LogP contribution is -2.33. The third-order valence-electron chi connectivity index (χ3n) is 6.20. The van der Waals surface area contributed by atoms with Crippen LogP contribution in [0.1, 0.15) is 34.1 Å². The first kappa shape index (κ1) is 21.8. The van der Waals surface area contributed by atoms with Gasteiger partial charge in [-0.3, -0.25) is 9.59 Å². The lowest BCUT2D eigenvalue weighted by Gasteiger charge is -2.26. The van der Waals surface area contributed by atoms with Gasteiger partial charge in [0.1, 0.15) is 10.0 Å². The zero-order chi connectivity index (χ0) is 23.1. The summed E-state index contributed by atoms with van der Waals surface area (Å²) < 4.78 is 1.13. The maximum Gasteiger partial charge on any atom is 0.229 e. The van der Waals surface area contributed by atoms with Crippen molar-refractivity contribution in [1.29, 1.82) is 0 Å². The maximum absolute atomic E-state index is 13.0. The van der Waals surface area contributed by atoms with Crippen molar-refractivity contribution >= 4 is 49.7 Å². The highest BCUT2D eigenvalue weighted by Crippen LogP contribution is 2.45. The monoisotopic (exact) mass is 475 g/mol. The Morgan fingerprint density at radius 2 is 1.91 bits per heavy atom. The Balaban J connectivity index is 1.51. The number of aromatic nitrogens is 1. The number of thiazole rings is 1. The van der Waals surface area contributed by atoms with E-state index in [4.69, 9.17) is 4.98 Å². The molecule has 33 heavy (non-hydrogen) atoms. The molecule has 4 aromatic rings. The van der Waals surface area contributed by atoms with Gasteiger partial charge in [-0.05, 0) is 54.7 Å². The summed E-state index contributed by atoms with van der Waals surface area (Å²) in [5.74, 6) is 0.0403. The second-order valence-corrected chi connectivity index (χ2v) is 10.7. The van der Waals surface area contributed by atoms with E-state index in [2.05, 4.69) is 37.4 Å². The SMILES string of the molecule is CC(=O)N1CCc2c(sc(NC(=O)Cc3ccc(C)c(C)c3)c2-c2nc3ccccc3s2)C1. The van der Waals surface area contributed by atoms with Crippen LogP contribution in [0.3, 0.4) is 0 Å². The van der Waals surface area contributed by atoms with Gasteiger partial charge >= 0.3 is 0 Å². The third kappa shape index (κ3) is 4.30. The van der Waals surface area contributed by atoms with Crippen LogP contribution in [0.4, 0.5) is 5.00 Å². The molecular formula is C26H25N3O2S2. The molecule has 168 valence electrons. The van der Waals surface area contributed by atoms with Gasteiger partial charge in [-0.15, -0.1) is 22.7 Å². The molecule has 0 saturated heterocycles. The fraction of sp³-hybridized carbons (Fsp3) is 0.269. The molecule has 0 saturated carbocycles. The van der Waals surface area contributed by atoms with Crippen molar-refractivity contribution in [3.63, 3.8) is 0 Å². The van der Waals surface area contributed by atoms with E-state index in [1.54, 1.807) is 29.6 Å². The quantitative estimate of drug-likeness (QED) is 0.410. The number of carbonyl (C=O) groups is 2. The fourth-order valence-electron chi connectivity index (χ4n) is 4.24. The zero-order valence-electron chi connectivity index (χ0n) is 18.9. The second-order valence-electron chi connectivity index (χ2n) is 8.53. The molecule has 1 aliphatic rings. The Kier molecular flexibility index (Phi) is 5.76. The van der Waals surface area contributed by atoms with Crippen LogP contribution in [-0.4, -0.2) is 28.2 Å². The highest BCUT2D eigenvalue weighted by Gasteiger charge is 2.28. The Bertz CT molecular complexity index is 1350. The second kappa shape index (κ2) is 8.72. The molecule has 0 spiro atoms. The summed E-state index contributed by atoms with van der Waals surface area (Å²) >= 11 is 3.22. The molecule has 0 atom stereocenters. The number of aryl methyl sites for hydroxylation is 2. The van der Waals surface area contributed by atoms with Gasteiger partial charge in [0.15, 0.2) is 0 Å². The number of amides is 2. The van der Waals surface area contributed by atoms with Gasteiger partial charge < -0.3 is 10.2 Å². The summed E-state index contributed by atoms with van der Waals surface area (Å²) in [4.78, 5) is 32.9. The lowest BCUT2D eigenvalue weighted by atomic mass is 10.0. The lowest BCUT2D eigenvalue weighted by molar-refractivity contribution is -0.129. The van der Waals surface area contributed by atoms with Crippen LogP contribution in [0.15, 0.2) is 42.5 Å². The number of hydrogen-bond donors (Lipinski definition) is 1.